The second kappa shape index (κ2) is 4.54. The first-order valence-corrected chi connectivity index (χ1v) is 4.88. The first-order valence-electron chi connectivity index (χ1n) is 4.88. The zero-order chi connectivity index (χ0) is 14.1. The summed E-state index contributed by atoms with van der Waals surface area (Å²) in [6, 6.07) is 0. The summed E-state index contributed by atoms with van der Waals surface area (Å²) in [5.41, 5.74) is -4.03. The van der Waals surface area contributed by atoms with E-state index in [1.807, 2.05) is 0 Å². The van der Waals surface area contributed by atoms with Gasteiger partial charge in [0, 0.05) is 12.5 Å². The van der Waals surface area contributed by atoms with Crippen molar-refractivity contribution in [1.82, 2.24) is 5.32 Å². The number of rotatable bonds is 2. The monoisotopic (exact) mass is 255 g/mol. The maximum Gasteiger partial charge on any atom is 0.437 e. The normalized spacial score (nSPS) is 16.0. The van der Waals surface area contributed by atoms with Gasteiger partial charge in [0.1, 0.15) is 0 Å². The van der Waals surface area contributed by atoms with E-state index < -0.39 is 29.2 Å². The lowest BCUT2D eigenvalue weighted by molar-refractivity contribution is -0.255. The number of halogens is 3. The molecule has 1 unspecified atom stereocenters. The van der Waals surface area contributed by atoms with Gasteiger partial charge in [-0.3, -0.25) is 9.59 Å². The third-order valence-corrected chi connectivity index (χ3v) is 1.81. The molecule has 0 aromatic heterocycles. The largest absolute Gasteiger partial charge is 0.440 e. The first kappa shape index (κ1) is 15.7. The standard InChI is InChI=1S/C10H16F3NO3/c1-6(15)17-9(5,10(11,12)13)7(16)14-8(2,3)4/h1-5H3,(H,14,16). The molecule has 1 atom stereocenters. The molecule has 0 saturated carbocycles. The topological polar surface area (TPSA) is 55.4 Å². The van der Waals surface area contributed by atoms with E-state index in [0.29, 0.717) is 6.92 Å². The Morgan fingerprint density at radius 3 is 1.71 bits per heavy atom. The zero-order valence-corrected chi connectivity index (χ0v) is 10.4. The average molecular weight is 255 g/mol. The van der Waals surface area contributed by atoms with Crippen molar-refractivity contribution in [3.8, 4) is 0 Å². The Morgan fingerprint density at radius 2 is 1.47 bits per heavy atom. The van der Waals surface area contributed by atoms with Gasteiger partial charge >= 0.3 is 12.1 Å². The van der Waals surface area contributed by atoms with Crippen molar-refractivity contribution >= 4 is 11.9 Å². The quantitative estimate of drug-likeness (QED) is 0.765. The molecule has 1 N–H and O–H groups in total. The summed E-state index contributed by atoms with van der Waals surface area (Å²) < 4.78 is 42.4. The van der Waals surface area contributed by atoms with Crippen molar-refractivity contribution in [2.24, 2.45) is 0 Å². The number of ether oxygens (including phenoxy) is 1. The molecule has 0 bridgehead atoms. The van der Waals surface area contributed by atoms with Crippen LogP contribution in [0.2, 0.25) is 0 Å². The number of esters is 1. The Kier molecular flexibility index (Phi) is 4.20. The number of carbonyl (C=O) groups is 2. The van der Waals surface area contributed by atoms with Crippen LogP contribution in [0.25, 0.3) is 0 Å². The summed E-state index contributed by atoms with van der Waals surface area (Å²) in [5, 5.41) is 2.14. The van der Waals surface area contributed by atoms with Crippen molar-refractivity contribution in [2.75, 3.05) is 0 Å². The highest BCUT2D eigenvalue weighted by molar-refractivity contribution is 5.88. The average Bonchev–Trinajstić information content (AvgIpc) is 1.96. The molecule has 0 saturated heterocycles. The summed E-state index contributed by atoms with van der Waals surface area (Å²) >= 11 is 0. The number of amides is 1. The van der Waals surface area contributed by atoms with Gasteiger partial charge in [0.05, 0.1) is 0 Å². The molecule has 0 spiro atoms. The van der Waals surface area contributed by atoms with Crippen LogP contribution in [0.1, 0.15) is 34.6 Å². The molecule has 4 nitrogen and oxygen atoms in total. The molecular formula is C10H16F3NO3. The third kappa shape index (κ3) is 4.24. The Balaban J connectivity index is 5.21. The lowest BCUT2D eigenvalue weighted by atomic mass is 10.0. The molecule has 7 heteroatoms. The van der Waals surface area contributed by atoms with Crippen molar-refractivity contribution in [3.05, 3.63) is 0 Å². The summed E-state index contributed by atoms with van der Waals surface area (Å²) in [5.74, 6) is -2.57. The van der Waals surface area contributed by atoms with Crippen LogP contribution in [0.3, 0.4) is 0 Å². The van der Waals surface area contributed by atoms with E-state index in [0.717, 1.165) is 6.92 Å². The van der Waals surface area contributed by atoms with E-state index in [1.54, 1.807) is 0 Å². The van der Waals surface area contributed by atoms with Crippen LogP contribution in [-0.4, -0.2) is 29.2 Å². The summed E-state index contributed by atoms with van der Waals surface area (Å²) in [6.45, 7) is 5.91. The molecular weight excluding hydrogens is 239 g/mol. The number of hydrogen-bond donors (Lipinski definition) is 1. The zero-order valence-electron chi connectivity index (χ0n) is 10.4. The van der Waals surface area contributed by atoms with E-state index in [4.69, 9.17) is 0 Å². The molecule has 0 aromatic rings. The highest BCUT2D eigenvalue weighted by atomic mass is 19.4. The lowest BCUT2D eigenvalue weighted by Gasteiger charge is -2.33. The van der Waals surface area contributed by atoms with Gasteiger partial charge < -0.3 is 10.1 Å². The molecule has 0 heterocycles. The molecule has 0 aliphatic rings. The number of alkyl halides is 3. The van der Waals surface area contributed by atoms with Crippen molar-refractivity contribution in [1.29, 1.82) is 0 Å². The summed E-state index contributed by atoms with van der Waals surface area (Å²) in [6.07, 6.45) is -4.98. The van der Waals surface area contributed by atoms with Gasteiger partial charge in [-0.1, -0.05) is 0 Å². The molecule has 100 valence electrons. The number of carbonyl (C=O) groups excluding carboxylic acids is 2. The number of hydrogen-bond acceptors (Lipinski definition) is 3. The predicted molar refractivity (Wildman–Crippen MR) is 54.1 cm³/mol. The molecule has 17 heavy (non-hydrogen) atoms. The van der Waals surface area contributed by atoms with E-state index in [2.05, 4.69) is 10.1 Å². The van der Waals surface area contributed by atoms with Crippen LogP contribution in [0.15, 0.2) is 0 Å². The van der Waals surface area contributed by atoms with E-state index in [9.17, 15) is 22.8 Å². The van der Waals surface area contributed by atoms with Gasteiger partial charge in [-0.25, -0.2) is 0 Å². The van der Waals surface area contributed by atoms with E-state index in [-0.39, 0.29) is 0 Å². The van der Waals surface area contributed by atoms with E-state index in [1.165, 1.54) is 20.8 Å². The number of nitrogens with one attached hydrogen (secondary N) is 1. The SMILES string of the molecule is CC(=O)OC(C)(C(=O)NC(C)(C)C)C(F)(F)F. The minimum Gasteiger partial charge on any atom is -0.440 e. The van der Waals surface area contributed by atoms with Gasteiger partial charge in [-0.15, -0.1) is 0 Å². The minimum absolute atomic E-state index is 0.523. The second-order valence-electron chi connectivity index (χ2n) is 4.83. The molecule has 0 rings (SSSR count). The molecule has 0 aliphatic carbocycles. The van der Waals surface area contributed by atoms with Gasteiger partial charge in [0.25, 0.3) is 11.5 Å². The smallest absolute Gasteiger partial charge is 0.437 e. The maximum absolute atomic E-state index is 12.8. The summed E-state index contributed by atoms with van der Waals surface area (Å²) in [7, 11) is 0. The predicted octanol–water partition coefficient (Wildman–Crippen LogP) is 1.79. The third-order valence-electron chi connectivity index (χ3n) is 1.81. The Hall–Kier alpha value is -1.27. The van der Waals surface area contributed by atoms with Gasteiger partial charge in [-0.2, -0.15) is 13.2 Å². The minimum atomic E-state index is -4.98. The fourth-order valence-corrected chi connectivity index (χ4v) is 0.980. The Labute approximate surface area is 97.5 Å². The Bertz CT molecular complexity index is 320. The highest BCUT2D eigenvalue weighted by Crippen LogP contribution is 2.34. The molecule has 0 fully saturated rings. The fourth-order valence-electron chi connectivity index (χ4n) is 0.980. The van der Waals surface area contributed by atoms with E-state index >= 15 is 0 Å². The fraction of sp³-hybridized carbons (Fsp3) is 0.800. The molecule has 1 amide bonds. The van der Waals surface area contributed by atoms with Crippen LogP contribution in [0.5, 0.6) is 0 Å². The highest BCUT2D eigenvalue weighted by Gasteiger charge is 2.60. The van der Waals surface area contributed by atoms with Crippen molar-refractivity contribution in [3.63, 3.8) is 0 Å². The van der Waals surface area contributed by atoms with Crippen molar-refractivity contribution in [2.45, 2.75) is 51.9 Å². The van der Waals surface area contributed by atoms with Crippen LogP contribution in [-0.2, 0) is 14.3 Å². The van der Waals surface area contributed by atoms with Gasteiger partial charge in [-0.05, 0) is 27.7 Å². The molecule has 0 radical (unpaired) electrons. The van der Waals surface area contributed by atoms with Crippen LogP contribution in [0, 0.1) is 0 Å². The maximum atomic E-state index is 12.8. The molecule has 0 aromatic carbocycles. The molecule has 0 aliphatic heterocycles. The van der Waals surface area contributed by atoms with Crippen LogP contribution < -0.4 is 5.32 Å². The van der Waals surface area contributed by atoms with Crippen LogP contribution >= 0.6 is 0 Å². The summed E-state index contributed by atoms with van der Waals surface area (Å²) in [4.78, 5) is 22.2. The van der Waals surface area contributed by atoms with Crippen molar-refractivity contribution < 1.29 is 27.5 Å². The van der Waals surface area contributed by atoms with Crippen LogP contribution in [0.4, 0.5) is 13.2 Å². The Morgan fingerprint density at radius 1 is 1.06 bits per heavy atom. The van der Waals surface area contributed by atoms with Gasteiger partial charge in [0.15, 0.2) is 0 Å². The van der Waals surface area contributed by atoms with Gasteiger partial charge in [0.2, 0.25) is 0 Å². The lowest BCUT2D eigenvalue weighted by Crippen LogP contribution is -2.60. The second-order valence-corrected chi connectivity index (χ2v) is 4.83. The first-order chi connectivity index (χ1) is 7.29.